The van der Waals surface area contributed by atoms with Crippen molar-refractivity contribution in [2.45, 2.75) is 31.3 Å². The van der Waals surface area contributed by atoms with Crippen molar-refractivity contribution < 1.29 is 14.3 Å². The third kappa shape index (κ3) is 3.72. The summed E-state index contributed by atoms with van der Waals surface area (Å²) in [6.07, 6.45) is 5.34. The highest BCUT2D eigenvalue weighted by Gasteiger charge is 2.37. The number of halogens is 1. The summed E-state index contributed by atoms with van der Waals surface area (Å²) in [4.78, 5) is 17.8. The Bertz CT molecular complexity index is 942. The topological polar surface area (TPSA) is 42.0 Å². The summed E-state index contributed by atoms with van der Waals surface area (Å²) in [5.74, 6) is 1.15. The number of fused-ring (bicyclic) bond motifs is 2. The summed E-state index contributed by atoms with van der Waals surface area (Å²) in [5.41, 5.74) is 2.39. The quantitative estimate of drug-likeness (QED) is 0.710. The van der Waals surface area contributed by atoms with Crippen molar-refractivity contribution in [1.29, 1.82) is 0 Å². The molecule has 0 saturated carbocycles. The predicted molar refractivity (Wildman–Crippen MR) is 115 cm³/mol. The number of likely N-dealkylation sites (N-methyl/N-ethyl adjacent to an activating group) is 1. The number of nitrogens with zero attached hydrogens (tertiary/aromatic N) is 2. The first-order valence-electron chi connectivity index (χ1n) is 9.76. The Hall–Kier alpha value is -2.50. The molecule has 152 valence electrons. The second-order valence-corrected chi connectivity index (χ2v) is 7.95. The van der Waals surface area contributed by atoms with Crippen molar-refractivity contribution in [1.82, 2.24) is 4.90 Å². The Labute approximate surface area is 176 Å². The van der Waals surface area contributed by atoms with Gasteiger partial charge in [-0.25, -0.2) is 0 Å². The monoisotopic (exact) mass is 412 g/mol. The fraction of sp³-hybridized carbons (Fsp3) is 0.348. The Morgan fingerprint density at radius 2 is 1.79 bits per heavy atom. The van der Waals surface area contributed by atoms with Gasteiger partial charge >= 0.3 is 0 Å². The van der Waals surface area contributed by atoms with Gasteiger partial charge in [0, 0.05) is 40.9 Å². The molecule has 6 heteroatoms. The molecule has 2 aliphatic heterocycles. The molecule has 0 radical (unpaired) electrons. The van der Waals surface area contributed by atoms with Crippen LogP contribution in [0.5, 0.6) is 11.5 Å². The molecule has 1 fully saturated rings. The minimum Gasteiger partial charge on any atom is -0.493 e. The third-order valence-electron chi connectivity index (χ3n) is 5.93. The molecule has 2 heterocycles. The molecule has 2 aromatic carbocycles. The molecule has 0 aliphatic carbocycles. The fourth-order valence-electron chi connectivity index (χ4n) is 4.28. The van der Waals surface area contributed by atoms with E-state index in [1.807, 2.05) is 23.1 Å². The fourth-order valence-corrected chi connectivity index (χ4v) is 4.41. The molecule has 0 aromatic heterocycles. The van der Waals surface area contributed by atoms with Gasteiger partial charge in [0.25, 0.3) is 5.91 Å². The van der Waals surface area contributed by atoms with Crippen molar-refractivity contribution >= 4 is 23.2 Å². The Kier molecular flexibility index (Phi) is 5.52. The molecule has 29 heavy (non-hydrogen) atoms. The maximum Gasteiger partial charge on any atom is 0.262 e. The van der Waals surface area contributed by atoms with Gasteiger partial charge in [0.15, 0.2) is 11.5 Å². The summed E-state index contributed by atoms with van der Waals surface area (Å²) in [5, 5.41) is 0.607. The van der Waals surface area contributed by atoms with E-state index in [1.54, 1.807) is 38.5 Å². The average Bonchev–Trinajstić information content (AvgIpc) is 2.94. The van der Waals surface area contributed by atoms with Gasteiger partial charge in [0.05, 0.1) is 19.9 Å². The lowest BCUT2D eigenvalue weighted by atomic mass is 10.0. The van der Waals surface area contributed by atoms with E-state index in [0.29, 0.717) is 34.2 Å². The summed E-state index contributed by atoms with van der Waals surface area (Å²) >= 11 is 6.02. The zero-order valence-corrected chi connectivity index (χ0v) is 17.6. The molecular formula is C23H25ClN2O3. The van der Waals surface area contributed by atoms with Gasteiger partial charge in [-0.2, -0.15) is 0 Å². The largest absolute Gasteiger partial charge is 0.493 e. The number of benzene rings is 2. The number of methoxy groups -OCH3 is 2. The van der Waals surface area contributed by atoms with Crippen molar-refractivity contribution in [3.05, 3.63) is 64.8 Å². The number of ether oxygens (including phenoxy) is 2. The van der Waals surface area contributed by atoms with Crippen LogP contribution in [0.15, 0.2) is 54.2 Å². The van der Waals surface area contributed by atoms with Crippen molar-refractivity contribution in [3.8, 4) is 11.5 Å². The first kappa shape index (κ1) is 19.8. The number of hydrogen-bond donors (Lipinski definition) is 0. The summed E-state index contributed by atoms with van der Waals surface area (Å²) in [7, 11) is 5.37. The summed E-state index contributed by atoms with van der Waals surface area (Å²) < 4.78 is 10.8. The molecule has 2 unspecified atom stereocenters. The van der Waals surface area contributed by atoms with E-state index < -0.39 is 0 Å². The number of hydrogen-bond acceptors (Lipinski definition) is 4. The molecule has 0 spiro atoms. The Balaban J connectivity index is 1.78. The van der Waals surface area contributed by atoms with E-state index in [-0.39, 0.29) is 5.91 Å². The minimum absolute atomic E-state index is 0.0795. The van der Waals surface area contributed by atoms with Gasteiger partial charge < -0.3 is 9.47 Å². The van der Waals surface area contributed by atoms with E-state index in [4.69, 9.17) is 21.1 Å². The second-order valence-electron chi connectivity index (χ2n) is 7.51. The van der Waals surface area contributed by atoms with Gasteiger partial charge in [-0.05, 0) is 62.4 Å². The molecular weight excluding hydrogens is 388 g/mol. The van der Waals surface area contributed by atoms with Crippen LogP contribution >= 0.6 is 11.6 Å². The van der Waals surface area contributed by atoms with Crippen LogP contribution in [0.2, 0.25) is 5.02 Å². The average molecular weight is 413 g/mol. The van der Waals surface area contributed by atoms with Gasteiger partial charge in [-0.15, -0.1) is 0 Å². The van der Waals surface area contributed by atoms with E-state index >= 15 is 0 Å². The SMILES string of the molecule is COc1ccc(N(C(=O)c2ccc(Cl)cc2)C2=CC3CCC(C2)N3C)cc1OC. The standard InChI is InChI=1S/C23H25ClN2O3/c1-25-17-8-9-18(25)13-20(12-17)26(23(27)15-4-6-16(24)7-5-15)19-10-11-21(28-2)22(14-19)29-3/h4-7,10-12,14,17-18H,8-9,13H2,1-3H3. The number of carbonyl (C=O) groups is 1. The molecule has 2 aromatic rings. The lowest BCUT2D eigenvalue weighted by Crippen LogP contribution is -2.40. The van der Waals surface area contributed by atoms with Gasteiger partial charge in [-0.3, -0.25) is 14.6 Å². The molecule has 1 amide bonds. The molecule has 2 aliphatic rings. The first-order chi connectivity index (χ1) is 14.0. The molecule has 5 nitrogen and oxygen atoms in total. The van der Waals surface area contributed by atoms with Crippen LogP contribution in [0.25, 0.3) is 0 Å². The van der Waals surface area contributed by atoms with E-state index in [1.165, 1.54) is 0 Å². The van der Waals surface area contributed by atoms with Crippen LogP contribution in [0.4, 0.5) is 5.69 Å². The van der Waals surface area contributed by atoms with Crippen LogP contribution in [-0.2, 0) is 0 Å². The second kappa shape index (κ2) is 8.09. The van der Waals surface area contributed by atoms with Gasteiger partial charge in [-0.1, -0.05) is 11.6 Å². The normalized spacial score (nSPS) is 20.9. The number of carbonyl (C=O) groups excluding carboxylic acids is 1. The number of rotatable bonds is 5. The van der Waals surface area contributed by atoms with E-state index in [0.717, 1.165) is 30.6 Å². The minimum atomic E-state index is -0.0795. The predicted octanol–water partition coefficient (Wildman–Crippen LogP) is 4.75. The molecule has 2 atom stereocenters. The molecule has 0 N–H and O–H groups in total. The van der Waals surface area contributed by atoms with Crippen LogP contribution in [-0.4, -0.2) is 44.2 Å². The Morgan fingerprint density at radius 1 is 1.07 bits per heavy atom. The summed E-state index contributed by atoms with van der Waals surface area (Å²) in [6.45, 7) is 0. The zero-order valence-electron chi connectivity index (χ0n) is 16.9. The number of amides is 1. The van der Waals surface area contributed by atoms with Crippen LogP contribution in [0.3, 0.4) is 0 Å². The summed E-state index contributed by atoms with van der Waals surface area (Å²) in [6, 6.07) is 13.4. The van der Waals surface area contributed by atoms with Gasteiger partial charge in [0.2, 0.25) is 0 Å². The lowest BCUT2D eigenvalue weighted by molar-refractivity contribution is 0.0991. The van der Waals surface area contributed by atoms with Crippen molar-refractivity contribution in [2.24, 2.45) is 0 Å². The highest BCUT2D eigenvalue weighted by atomic mass is 35.5. The highest BCUT2D eigenvalue weighted by molar-refractivity contribution is 6.30. The molecule has 1 saturated heterocycles. The maximum absolute atomic E-state index is 13.6. The smallest absolute Gasteiger partial charge is 0.262 e. The first-order valence-corrected chi connectivity index (χ1v) is 10.1. The van der Waals surface area contributed by atoms with Crippen LogP contribution in [0, 0.1) is 0 Å². The molecule has 4 rings (SSSR count). The van der Waals surface area contributed by atoms with Crippen LogP contribution < -0.4 is 14.4 Å². The zero-order chi connectivity index (χ0) is 20.5. The van der Waals surface area contributed by atoms with Crippen molar-refractivity contribution in [2.75, 3.05) is 26.2 Å². The Morgan fingerprint density at radius 3 is 2.45 bits per heavy atom. The third-order valence-corrected chi connectivity index (χ3v) is 6.18. The maximum atomic E-state index is 13.6. The van der Waals surface area contributed by atoms with E-state index in [9.17, 15) is 4.79 Å². The van der Waals surface area contributed by atoms with Gasteiger partial charge in [0.1, 0.15) is 0 Å². The lowest BCUT2D eigenvalue weighted by Gasteiger charge is -2.35. The molecule has 2 bridgehead atoms. The van der Waals surface area contributed by atoms with Crippen molar-refractivity contribution in [3.63, 3.8) is 0 Å². The van der Waals surface area contributed by atoms with Crippen LogP contribution in [0.1, 0.15) is 29.6 Å². The number of anilines is 1. The van der Waals surface area contributed by atoms with E-state index in [2.05, 4.69) is 18.0 Å². The highest BCUT2D eigenvalue weighted by Crippen LogP contribution is 2.39.